The Labute approximate surface area is 85.2 Å². The Bertz CT molecular complexity index is 299. The summed E-state index contributed by atoms with van der Waals surface area (Å²) in [7, 11) is 1.98. The van der Waals surface area contributed by atoms with Gasteiger partial charge < -0.3 is 10.8 Å². The predicted molar refractivity (Wildman–Crippen MR) is 59.0 cm³/mol. The summed E-state index contributed by atoms with van der Waals surface area (Å²) < 4.78 is 0. The van der Waals surface area contributed by atoms with E-state index in [1.807, 2.05) is 26.1 Å². The lowest BCUT2D eigenvalue weighted by molar-refractivity contribution is 0.217. The van der Waals surface area contributed by atoms with Crippen molar-refractivity contribution in [2.24, 2.45) is 0 Å². The first-order chi connectivity index (χ1) is 6.65. The van der Waals surface area contributed by atoms with Gasteiger partial charge in [0.15, 0.2) is 0 Å². The molecule has 0 saturated heterocycles. The highest BCUT2D eigenvalue weighted by molar-refractivity contribution is 5.49. The molecule has 0 spiro atoms. The predicted octanol–water partition coefficient (Wildman–Crippen LogP) is 1.00. The molecule has 0 amide bonds. The minimum absolute atomic E-state index is 0.192. The molecule has 0 bridgehead atoms. The maximum absolute atomic E-state index is 8.77. The van der Waals surface area contributed by atoms with Gasteiger partial charge in [-0.3, -0.25) is 4.90 Å². The molecule has 3 N–H and O–H groups in total. The molecule has 3 nitrogen and oxygen atoms in total. The summed E-state index contributed by atoms with van der Waals surface area (Å²) in [6, 6.07) is 5.94. The van der Waals surface area contributed by atoms with Gasteiger partial charge in [-0.25, -0.2) is 0 Å². The van der Waals surface area contributed by atoms with Crippen molar-refractivity contribution in [3.05, 3.63) is 29.3 Å². The van der Waals surface area contributed by atoms with Crippen molar-refractivity contribution in [3.8, 4) is 0 Å². The standard InChI is InChI=1S/C11H18N2O/c1-9-10(4-3-5-11(9)12)8-13(2)6-7-14/h3-5,14H,6-8,12H2,1-2H3. The molecule has 3 heteroatoms. The highest BCUT2D eigenvalue weighted by Gasteiger charge is 2.03. The summed E-state index contributed by atoms with van der Waals surface area (Å²) in [5, 5.41) is 8.77. The zero-order chi connectivity index (χ0) is 10.6. The molecule has 0 aliphatic carbocycles. The van der Waals surface area contributed by atoms with Crippen LogP contribution in [0.2, 0.25) is 0 Å². The maximum atomic E-state index is 8.77. The summed E-state index contributed by atoms with van der Waals surface area (Å²) in [4.78, 5) is 2.07. The Morgan fingerprint density at radius 2 is 2.14 bits per heavy atom. The largest absolute Gasteiger partial charge is 0.399 e. The van der Waals surface area contributed by atoms with E-state index in [1.54, 1.807) is 0 Å². The van der Waals surface area contributed by atoms with Crippen LogP contribution in [-0.4, -0.2) is 30.2 Å². The Hall–Kier alpha value is -1.06. The fourth-order valence-corrected chi connectivity index (χ4v) is 1.42. The second-order valence-corrected chi connectivity index (χ2v) is 3.59. The van der Waals surface area contributed by atoms with Gasteiger partial charge in [0, 0.05) is 18.8 Å². The number of nitrogens with two attached hydrogens (primary N) is 1. The van der Waals surface area contributed by atoms with E-state index in [-0.39, 0.29) is 6.61 Å². The highest BCUT2D eigenvalue weighted by Crippen LogP contribution is 2.16. The smallest absolute Gasteiger partial charge is 0.0558 e. The molecule has 0 aliphatic rings. The summed E-state index contributed by atoms with van der Waals surface area (Å²) in [5.74, 6) is 0. The molecule has 78 valence electrons. The SMILES string of the molecule is Cc1c(N)cccc1CN(C)CCO. The number of aliphatic hydroxyl groups is 1. The van der Waals surface area contributed by atoms with Gasteiger partial charge in [0.25, 0.3) is 0 Å². The van der Waals surface area contributed by atoms with Crippen LogP contribution in [0.3, 0.4) is 0 Å². The van der Waals surface area contributed by atoms with Crippen molar-refractivity contribution < 1.29 is 5.11 Å². The summed E-state index contributed by atoms with van der Waals surface area (Å²) in [5.41, 5.74) is 9.00. The zero-order valence-electron chi connectivity index (χ0n) is 8.83. The first-order valence-electron chi connectivity index (χ1n) is 4.78. The van der Waals surface area contributed by atoms with Crippen molar-refractivity contribution in [1.82, 2.24) is 4.90 Å². The first-order valence-corrected chi connectivity index (χ1v) is 4.78. The molecule has 1 aromatic carbocycles. The highest BCUT2D eigenvalue weighted by atomic mass is 16.3. The Morgan fingerprint density at radius 3 is 2.79 bits per heavy atom. The van der Waals surface area contributed by atoms with E-state index >= 15 is 0 Å². The summed E-state index contributed by atoms with van der Waals surface area (Å²) >= 11 is 0. The van der Waals surface area contributed by atoms with Crippen LogP contribution in [0.25, 0.3) is 0 Å². The van der Waals surface area contributed by atoms with E-state index in [4.69, 9.17) is 10.8 Å². The second-order valence-electron chi connectivity index (χ2n) is 3.59. The number of likely N-dealkylation sites (N-methyl/N-ethyl adjacent to an activating group) is 1. The Balaban J connectivity index is 2.71. The van der Waals surface area contributed by atoms with Crippen LogP contribution in [0, 0.1) is 6.92 Å². The van der Waals surface area contributed by atoms with Crippen LogP contribution in [0.1, 0.15) is 11.1 Å². The van der Waals surface area contributed by atoms with Crippen LogP contribution in [0.5, 0.6) is 0 Å². The van der Waals surface area contributed by atoms with Crippen molar-refractivity contribution in [1.29, 1.82) is 0 Å². The number of aliphatic hydroxyl groups excluding tert-OH is 1. The van der Waals surface area contributed by atoms with Gasteiger partial charge >= 0.3 is 0 Å². The molecule has 0 saturated carbocycles. The van der Waals surface area contributed by atoms with Gasteiger partial charge in [-0.1, -0.05) is 12.1 Å². The molecule has 0 fully saturated rings. The van der Waals surface area contributed by atoms with E-state index < -0.39 is 0 Å². The van der Waals surface area contributed by atoms with Gasteiger partial charge in [-0.05, 0) is 31.2 Å². The number of rotatable bonds is 4. The van der Waals surface area contributed by atoms with E-state index in [1.165, 1.54) is 5.56 Å². The van der Waals surface area contributed by atoms with E-state index in [0.717, 1.165) is 17.8 Å². The number of anilines is 1. The second kappa shape index (κ2) is 4.98. The average Bonchev–Trinajstić information content (AvgIpc) is 2.13. The van der Waals surface area contributed by atoms with E-state index in [0.29, 0.717) is 6.54 Å². The monoisotopic (exact) mass is 194 g/mol. The van der Waals surface area contributed by atoms with Crippen LogP contribution >= 0.6 is 0 Å². The van der Waals surface area contributed by atoms with Crippen LogP contribution in [0.4, 0.5) is 5.69 Å². The lowest BCUT2D eigenvalue weighted by Gasteiger charge is -2.17. The Morgan fingerprint density at radius 1 is 1.43 bits per heavy atom. The fraction of sp³-hybridized carbons (Fsp3) is 0.455. The van der Waals surface area contributed by atoms with Crippen molar-refractivity contribution in [3.63, 3.8) is 0 Å². The van der Waals surface area contributed by atoms with Gasteiger partial charge in [-0.15, -0.1) is 0 Å². The molecular formula is C11H18N2O. The van der Waals surface area contributed by atoms with Gasteiger partial charge in [-0.2, -0.15) is 0 Å². The van der Waals surface area contributed by atoms with Gasteiger partial charge in [0.05, 0.1) is 6.61 Å². The van der Waals surface area contributed by atoms with Gasteiger partial charge in [0.2, 0.25) is 0 Å². The minimum Gasteiger partial charge on any atom is -0.399 e. The number of hydrogen-bond acceptors (Lipinski definition) is 3. The van der Waals surface area contributed by atoms with E-state index in [2.05, 4.69) is 11.0 Å². The maximum Gasteiger partial charge on any atom is 0.0558 e. The minimum atomic E-state index is 0.192. The lowest BCUT2D eigenvalue weighted by atomic mass is 10.1. The number of nitrogen functional groups attached to an aromatic ring is 1. The molecule has 0 aromatic heterocycles. The summed E-state index contributed by atoms with van der Waals surface area (Å²) in [6.45, 7) is 3.74. The van der Waals surface area contributed by atoms with Crippen molar-refractivity contribution in [2.75, 3.05) is 25.9 Å². The number of nitrogens with zero attached hydrogens (tertiary/aromatic N) is 1. The van der Waals surface area contributed by atoms with Gasteiger partial charge in [0.1, 0.15) is 0 Å². The third-order valence-electron chi connectivity index (χ3n) is 2.41. The fourth-order valence-electron chi connectivity index (χ4n) is 1.42. The first kappa shape index (κ1) is 11.0. The lowest BCUT2D eigenvalue weighted by Crippen LogP contribution is -2.22. The number of hydrogen-bond donors (Lipinski definition) is 2. The topological polar surface area (TPSA) is 49.5 Å². The van der Waals surface area contributed by atoms with E-state index in [9.17, 15) is 0 Å². The summed E-state index contributed by atoms with van der Waals surface area (Å²) in [6.07, 6.45) is 0. The molecule has 0 atom stereocenters. The normalized spacial score (nSPS) is 10.9. The quantitative estimate of drug-likeness (QED) is 0.703. The van der Waals surface area contributed by atoms with Crippen LogP contribution < -0.4 is 5.73 Å². The van der Waals surface area contributed by atoms with Crippen LogP contribution in [-0.2, 0) is 6.54 Å². The molecule has 0 unspecified atom stereocenters. The molecule has 1 rings (SSSR count). The third-order valence-corrected chi connectivity index (χ3v) is 2.41. The molecule has 1 aromatic rings. The molecule has 14 heavy (non-hydrogen) atoms. The van der Waals surface area contributed by atoms with Crippen LogP contribution in [0.15, 0.2) is 18.2 Å². The molecule has 0 radical (unpaired) electrons. The zero-order valence-corrected chi connectivity index (χ0v) is 8.83. The Kier molecular flexibility index (Phi) is 3.92. The third kappa shape index (κ3) is 2.72. The molecule has 0 heterocycles. The van der Waals surface area contributed by atoms with Crippen molar-refractivity contribution in [2.45, 2.75) is 13.5 Å². The number of benzene rings is 1. The van der Waals surface area contributed by atoms with Crippen molar-refractivity contribution >= 4 is 5.69 Å². The molecule has 0 aliphatic heterocycles. The molecular weight excluding hydrogens is 176 g/mol. The average molecular weight is 194 g/mol.